The van der Waals surface area contributed by atoms with Crippen LogP contribution in [0.1, 0.15) is 20.7 Å². The number of methoxy groups -OCH3 is 2. The molecular weight excluding hydrogens is 288 g/mol. The van der Waals surface area contributed by atoms with Crippen molar-refractivity contribution in [1.82, 2.24) is 0 Å². The molecule has 0 bridgehead atoms. The average Bonchev–Trinajstić information content (AvgIpc) is 2.54. The minimum absolute atomic E-state index is 0.0390. The number of ether oxygens (including phenoxy) is 2. The van der Waals surface area contributed by atoms with Crippen molar-refractivity contribution in [1.29, 1.82) is 0 Å². The minimum atomic E-state index is -0.706. The molecule has 22 heavy (non-hydrogen) atoms. The summed E-state index contributed by atoms with van der Waals surface area (Å²) in [6.45, 7) is 0. The average molecular weight is 302 g/mol. The maximum Gasteiger partial charge on any atom is 0.341 e. The molecule has 6 nitrogen and oxygen atoms in total. The lowest BCUT2D eigenvalue weighted by Gasteiger charge is -2.12. The van der Waals surface area contributed by atoms with Crippen LogP contribution in [0.5, 0.6) is 11.5 Å². The van der Waals surface area contributed by atoms with E-state index in [0.29, 0.717) is 0 Å². The Hall–Kier alpha value is -3.02. The molecule has 114 valence electrons. The highest BCUT2D eigenvalue weighted by Gasteiger charge is 2.20. The number of carbonyl (C=O) groups excluding carboxylic acids is 2. The molecule has 0 aliphatic heterocycles. The van der Waals surface area contributed by atoms with Crippen molar-refractivity contribution >= 4 is 11.9 Å². The fourth-order valence-electron chi connectivity index (χ4n) is 2.07. The second kappa shape index (κ2) is 6.17. The Morgan fingerprint density at radius 2 is 1.14 bits per heavy atom. The van der Waals surface area contributed by atoms with Crippen LogP contribution in [0.15, 0.2) is 36.4 Å². The van der Waals surface area contributed by atoms with Gasteiger partial charge >= 0.3 is 11.9 Å². The molecule has 0 saturated heterocycles. The molecule has 0 amide bonds. The maximum absolute atomic E-state index is 11.6. The largest absolute Gasteiger partial charge is 0.506 e. The number of rotatable bonds is 3. The number of benzene rings is 2. The second-order valence-electron chi connectivity index (χ2n) is 4.39. The van der Waals surface area contributed by atoms with E-state index < -0.39 is 11.9 Å². The van der Waals surface area contributed by atoms with Crippen LogP contribution in [0, 0.1) is 0 Å². The summed E-state index contributed by atoms with van der Waals surface area (Å²) in [5.74, 6) is -2.09. The van der Waals surface area contributed by atoms with E-state index in [9.17, 15) is 19.8 Å². The zero-order valence-electron chi connectivity index (χ0n) is 12.0. The first-order valence-electron chi connectivity index (χ1n) is 6.32. The number of phenolic OH excluding ortho intramolecular Hbond substituents is 2. The predicted molar refractivity (Wildman–Crippen MR) is 77.9 cm³/mol. The van der Waals surface area contributed by atoms with Gasteiger partial charge < -0.3 is 19.7 Å². The van der Waals surface area contributed by atoms with Crippen molar-refractivity contribution in [3.8, 4) is 22.6 Å². The first kappa shape index (κ1) is 15.4. The van der Waals surface area contributed by atoms with E-state index in [1.54, 1.807) is 0 Å². The molecule has 0 aliphatic carbocycles. The minimum Gasteiger partial charge on any atom is -0.506 e. The molecule has 2 aromatic rings. The van der Waals surface area contributed by atoms with Crippen LogP contribution in [-0.2, 0) is 9.47 Å². The van der Waals surface area contributed by atoms with Gasteiger partial charge in [-0.3, -0.25) is 0 Å². The van der Waals surface area contributed by atoms with Crippen molar-refractivity contribution in [3.63, 3.8) is 0 Å². The highest BCUT2D eigenvalue weighted by Crippen LogP contribution is 2.39. The lowest BCUT2D eigenvalue weighted by atomic mass is 9.98. The Morgan fingerprint density at radius 1 is 0.773 bits per heavy atom. The van der Waals surface area contributed by atoms with Crippen LogP contribution < -0.4 is 0 Å². The van der Waals surface area contributed by atoms with Gasteiger partial charge in [0.05, 0.1) is 14.2 Å². The van der Waals surface area contributed by atoms with Crippen LogP contribution in [0.4, 0.5) is 0 Å². The summed E-state index contributed by atoms with van der Waals surface area (Å²) in [6, 6.07) is 8.88. The highest BCUT2D eigenvalue weighted by atomic mass is 16.5. The Morgan fingerprint density at radius 3 is 1.45 bits per heavy atom. The van der Waals surface area contributed by atoms with Crippen molar-refractivity contribution in [2.75, 3.05) is 14.2 Å². The van der Waals surface area contributed by atoms with Gasteiger partial charge in [-0.15, -0.1) is 0 Å². The van der Waals surface area contributed by atoms with E-state index in [1.807, 2.05) is 0 Å². The SMILES string of the molecule is COC(=O)c1cccc(-c2cccc(C(=O)OC)c2O)c1O. The molecule has 0 aliphatic rings. The Labute approximate surface area is 126 Å². The zero-order valence-corrected chi connectivity index (χ0v) is 12.0. The van der Waals surface area contributed by atoms with Gasteiger partial charge in [-0.25, -0.2) is 9.59 Å². The molecule has 2 N–H and O–H groups in total. The van der Waals surface area contributed by atoms with Crippen molar-refractivity contribution in [2.24, 2.45) is 0 Å². The van der Waals surface area contributed by atoms with Crippen molar-refractivity contribution in [2.45, 2.75) is 0 Å². The second-order valence-corrected chi connectivity index (χ2v) is 4.39. The summed E-state index contributed by atoms with van der Waals surface area (Å²) in [5.41, 5.74) is 0.322. The molecule has 0 spiro atoms. The molecule has 6 heteroatoms. The fraction of sp³-hybridized carbons (Fsp3) is 0.125. The van der Waals surface area contributed by atoms with Gasteiger partial charge in [0.25, 0.3) is 0 Å². The van der Waals surface area contributed by atoms with Crippen LogP contribution in [0.25, 0.3) is 11.1 Å². The van der Waals surface area contributed by atoms with E-state index in [1.165, 1.54) is 50.6 Å². The number of carbonyl (C=O) groups is 2. The first-order chi connectivity index (χ1) is 10.5. The number of phenols is 2. The fourth-order valence-corrected chi connectivity index (χ4v) is 2.07. The van der Waals surface area contributed by atoms with Gasteiger partial charge in [-0.2, -0.15) is 0 Å². The highest BCUT2D eigenvalue weighted by molar-refractivity contribution is 5.98. The molecule has 0 saturated carbocycles. The van der Waals surface area contributed by atoms with Crippen LogP contribution in [-0.4, -0.2) is 36.4 Å². The number of para-hydroxylation sites is 2. The smallest absolute Gasteiger partial charge is 0.341 e. The van der Waals surface area contributed by atoms with Gasteiger partial charge in [0, 0.05) is 11.1 Å². The van der Waals surface area contributed by atoms with Gasteiger partial charge in [0.1, 0.15) is 22.6 Å². The number of hydrogen-bond donors (Lipinski definition) is 2. The standard InChI is InChI=1S/C16H14O6/c1-21-15(19)11-7-3-5-9(13(11)17)10-6-4-8-12(14(10)18)16(20)22-2/h3-8,17-18H,1-2H3. The number of aromatic hydroxyl groups is 2. The Balaban J connectivity index is 2.63. The van der Waals surface area contributed by atoms with E-state index >= 15 is 0 Å². The monoisotopic (exact) mass is 302 g/mol. The Bertz CT molecular complexity index is 672. The summed E-state index contributed by atoms with van der Waals surface area (Å²) in [4.78, 5) is 23.2. The third kappa shape index (κ3) is 2.58. The molecule has 2 rings (SSSR count). The summed E-state index contributed by atoms with van der Waals surface area (Å²) < 4.78 is 9.16. The van der Waals surface area contributed by atoms with E-state index in [0.717, 1.165) is 0 Å². The number of esters is 2. The van der Waals surface area contributed by atoms with Gasteiger partial charge in [0.15, 0.2) is 0 Å². The topological polar surface area (TPSA) is 93.1 Å². The summed E-state index contributed by atoms with van der Waals surface area (Å²) in [7, 11) is 2.40. The summed E-state index contributed by atoms with van der Waals surface area (Å²) >= 11 is 0. The third-order valence-corrected chi connectivity index (χ3v) is 3.17. The molecular formula is C16H14O6. The molecule has 0 fully saturated rings. The normalized spacial score (nSPS) is 10.1. The van der Waals surface area contributed by atoms with Crippen LogP contribution >= 0.6 is 0 Å². The molecule has 0 heterocycles. The van der Waals surface area contributed by atoms with Gasteiger partial charge in [-0.05, 0) is 12.1 Å². The van der Waals surface area contributed by atoms with Gasteiger partial charge in [0.2, 0.25) is 0 Å². The summed E-state index contributed by atoms with van der Waals surface area (Å²) in [6.07, 6.45) is 0. The van der Waals surface area contributed by atoms with E-state index in [4.69, 9.17) is 0 Å². The third-order valence-electron chi connectivity index (χ3n) is 3.17. The van der Waals surface area contributed by atoms with Gasteiger partial charge in [-0.1, -0.05) is 24.3 Å². The lowest BCUT2D eigenvalue weighted by molar-refractivity contribution is 0.0588. The van der Waals surface area contributed by atoms with Crippen molar-refractivity contribution in [3.05, 3.63) is 47.5 Å². The molecule has 0 aromatic heterocycles. The predicted octanol–water partition coefficient (Wildman–Crippen LogP) is 2.34. The summed E-state index contributed by atoms with van der Waals surface area (Å²) in [5, 5.41) is 20.5. The quantitative estimate of drug-likeness (QED) is 0.845. The van der Waals surface area contributed by atoms with Crippen LogP contribution in [0.3, 0.4) is 0 Å². The molecule has 2 aromatic carbocycles. The van der Waals surface area contributed by atoms with Crippen molar-refractivity contribution < 1.29 is 29.3 Å². The van der Waals surface area contributed by atoms with E-state index in [-0.39, 0.29) is 33.8 Å². The zero-order chi connectivity index (χ0) is 16.3. The van der Waals surface area contributed by atoms with E-state index in [2.05, 4.69) is 9.47 Å². The van der Waals surface area contributed by atoms with Crippen LogP contribution in [0.2, 0.25) is 0 Å². The number of hydrogen-bond acceptors (Lipinski definition) is 6. The maximum atomic E-state index is 11.6. The molecule has 0 radical (unpaired) electrons. The molecule has 0 unspecified atom stereocenters. The lowest BCUT2D eigenvalue weighted by Crippen LogP contribution is -2.03. The molecule has 0 atom stereocenters. The Kier molecular flexibility index (Phi) is 4.31. The first-order valence-corrected chi connectivity index (χ1v) is 6.32.